The Balaban J connectivity index is 3.98. The molecule has 0 aromatic rings. The summed E-state index contributed by atoms with van der Waals surface area (Å²) >= 11 is 1.62. The number of rotatable bonds is 6. The summed E-state index contributed by atoms with van der Waals surface area (Å²) in [4.78, 5) is 13.7. The number of carbonyl (C=O) groups excluding carboxylic acids is 1. The van der Waals surface area contributed by atoms with Crippen LogP contribution in [0.1, 0.15) is 33.6 Å². The molecule has 0 rings (SSSR count). The Morgan fingerprint density at radius 1 is 1.46 bits per heavy atom. The average Bonchev–Trinajstić information content (AvgIpc) is 2.17. The Bertz CT molecular complexity index is 150. The van der Waals surface area contributed by atoms with Gasteiger partial charge in [-0.05, 0) is 26.5 Å². The monoisotopic (exact) mass is 203 g/mol. The SMILES string of the molecule is CCCCN(CC)C(=O)C(C)SC. The van der Waals surface area contributed by atoms with E-state index in [4.69, 9.17) is 0 Å². The van der Waals surface area contributed by atoms with E-state index in [1.165, 1.54) is 0 Å². The van der Waals surface area contributed by atoms with Gasteiger partial charge in [0.2, 0.25) is 5.91 Å². The van der Waals surface area contributed by atoms with Crippen molar-refractivity contribution in [3.05, 3.63) is 0 Å². The molecule has 2 nitrogen and oxygen atoms in total. The van der Waals surface area contributed by atoms with Crippen molar-refractivity contribution in [2.24, 2.45) is 0 Å². The molecular formula is C10H21NOS. The van der Waals surface area contributed by atoms with E-state index >= 15 is 0 Å². The summed E-state index contributed by atoms with van der Waals surface area (Å²) in [7, 11) is 0. The summed E-state index contributed by atoms with van der Waals surface area (Å²) in [6.07, 6.45) is 4.24. The van der Waals surface area contributed by atoms with E-state index in [1.54, 1.807) is 11.8 Å². The number of amides is 1. The number of hydrogen-bond donors (Lipinski definition) is 0. The third-order valence-electron chi connectivity index (χ3n) is 2.18. The molecule has 0 saturated heterocycles. The Labute approximate surface area is 86.1 Å². The number of thioether (sulfide) groups is 1. The molecule has 0 bridgehead atoms. The van der Waals surface area contributed by atoms with Crippen LogP contribution in [0, 0.1) is 0 Å². The molecule has 0 heterocycles. The standard InChI is InChI=1S/C10H21NOS/c1-5-7-8-11(6-2)10(12)9(3)13-4/h9H,5-8H2,1-4H3. The minimum absolute atomic E-state index is 0.108. The van der Waals surface area contributed by atoms with Crippen molar-refractivity contribution in [3.8, 4) is 0 Å². The van der Waals surface area contributed by atoms with Crippen LogP contribution in [0.5, 0.6) is 0 Å². The quantitative estimate of drug-likeness (QED) is 0.660. The van der Waals surface area contributed by atoms with Gasteiger partial charge in [-0.2, -0.15) is 11.8 Å². The highest BCUT2D eigenvalue weighted by Gasteiger charge is 2.17. The average molecular weight is 203 g/mol. The molecule has 13 heavy (non-hydrogen) atoms. The van der Waals surface area contributed by atoms with E-state index in [0.717, 1.165) is 25.9 Å². The molecule has 0 N–H and O–H groups in total. The van der Waals surface area contributed by atoms with E-state index in [9.17, 15) is 4.79 Å². The van der Waals surface area contributed by atoms with Gasteiger partial charge in [0.25, 0.3) is 0 Å². The lowest BCUT2D eigenvalue weighted by Crippen LogP contribution is -2.37. The van der Waals surface area contributed by atoms with Gasteiger partial charge < -0.3 is 4.90 Å². The van der Waals surface area contributed by atoms with Crippen LogP contribution in [0.4, 0.5) is 0 Å². The van der Waals surface area contributed by atoms with Gasteiger partial charge in [-0.25, -0.2) is 0 Å². The molecule has 1 amide bonds. The lowest BCUT2D eigenvalue weighted by Gasteiger charge is -2.23. The fourth-order valence-electron chi connectivity index (χ4n) is 1.13. The third kappa shape index (κ3) is 4.55. The summed E-state index contributed by atoms with van der Waals surface area (Å²) in [6.45, 7) is 7.92. The summed E-state index contributed by atoms with van der Waals surface area (Å²) in [6, 6.07) is 0. The fourth-order valence-corrected chi connectivity index (χ4v) is 1.48. The Hall–Kier alpha value is -0.180. The lowest BCUT2D eigenvalue weighted by molar-refractivity contribution is -0.130. The number of carbonyl (C=O) groups is 1. The fraction of sp³-hybridized carbons (Fsp3) is 0.900. The van der Waals surface area contributed by atoms with Crippen molar-refractivity contribution in [1.29, 1.82) is 0 Å². The number of hydrogen-bond acceptors (Lipinski definition) is 2. The van der Waals surface area contributed by atoms with E-state index in [0.29, 0.717) is 0 Å². The molecule has 78 valence electrons. The second kappa shape index (κ2) is 7.25. The molecule has 0 aromatic carbocycles. The van der Waals surface area contributed by atoms with Crippen LogP contribution in [0.15, 0.2) is 0 Å². The minimum Gasteiger partial charge on any atom is -0.342 e. The first-order chi connectivity index (χ1) is 6.17. The molecule has 0 aliphatic heterocycles. The normalized spacial score (nSPS) is 12.6. The highest BCUT2D eigenvalue weighted by atomic mass is 32.2. The van der Waals surface area contributed by atoms with Crippen molar-refractivity contribution in [2.45, 2.75) is 38.9 Å². The van der Waals surface area contributed by atoms with E-state index in [2.05, 4.69) is 6.92 Å². The van der Waals surface area contributed by atoms with Crippen LogP contribution in [0.2, 0.25) is 0 Å². The molecule has 0 aliphatic rings. The van der Waals surface area contributed by atoms with Gasteiger partial charge in [0.1, 0.15) is 0 Å². The van der Waals surface area contributed by atoms with Crippen LogP contribution < -0.4 is 0 Å². The van der Waals surface area contributed by atoms with Crippen molar-refractivity contribution in [2.75, 3.05) is 19.3 Å². The first kappa shape index (κ1) is 12.8. The largest absolute Gasteiger partial charge is 0.342 e. The molecule has 0 aromatic heterocycles. The van der Waals surface area contributed by atoms with Gasteiger partial charge in [0.05, 0.1) is 5.25 Å². The number of nitrogens with zero attached hydrogens (tertiary/aromatic N) is 1. The zero-order valence-corrected chi connectivity index (χ0v) is 9.99. The molecule has 1 unspecified atom stereocenters. The van der Waals surface area contributed by atoms with Crippen molar-refractivity contribution < 1.29 is 4.79 Å². The van der Waals surface area contributed by atoms with Crippen molar-refractivity contribution in [1.82, 2.24) is 4.90 Å². The molecule has 0 radical (unpaired) electrons. The van der Waals surface area contributed by atoms with Crippen LogP contribution in [-0.4, -0.2) is 35.4 Å². The maximum absolute atomic E-state index is 11.7. The second-order valence-electron chi connectivity index (χ2n) is 3.15. The highest BCUT2D eigenvalue weighted by Crippen LogP contribution is 2.09. The van der Waals surface area contributed by atoms with Gasteiger partial charge in [-0.15, -0.1) is 0 Å². The van der Waals surface area contributed by atoms with Gasteiger partial charge in [0, 0.05) is 13.1 Å². The maximum Gasteiger partial charge on any atom is 0.235 e. The maximum atomic E-state index is 11.7. The molecular weight excluding hydrogens is 182 g/mol. The third-order valence-corrected chi connectivity index (χ3v) is 3.09. The topological polar surface area (TPSA) is 20.3 Å². The Kier molecular flexibility index (Phi) is 7.14. The minimum atomic E-state index is 0.108. The number of unbranched alkanes of at least 4 members (excludes halogenated alkanes) is 1. The van der Waals surface area contributed by atoms with E-state index < -0.39 is 0 Å². The summed E-state index contributed by atoms with van der Waals surface area (Å²) in [5.74, 6) is 0.281. The van der Waals surface area contributed by atoms with Crippen LogP contribution in [-0.2, 0) is 4.79 Å². The first-order valence-electron chi connectivity index (χ1n) is 4.98. The van der Waals surface area contributed by atoms with Gasteiger partial charge in [0.15, 0.2) is 0 Å². The van der Waals surface area contributed by atoms with Gasteiger partial charge in [-0.1, -0.05) is 13.3 Å². The summed E-state index contributed by atoms with van der Waals surface area (Å²) < 4.78 is 0. The molecule has 0 aliphatic carbocycles. The van der Waals surface area contributed by atoms with E-state index in [1.807, 2.05) is 25.0 Å². The summed E-state index contributed by atoms with van der Waals surface area (Å²) in [5, 5.41) is 0.108. The molecule has 0 spiro atoms. The van der Waals surface area contributed by atoms with Crippen LogP contribution in [0.25, 0.3) is 0 Å². The lowest BCUT2D eigenvalue weighted by atomic mass is 10.3. The van der Waals surface area contributed by atoms with Crippen LogP contribution >= 0.6 is 11.8 Å². The zero-order chi connectivity index (χ0) is 10.3. The van der Waals surface area contributed by atoms with Crippen molar-refractivity contribution in [3.63, 3.8) is 0 Å². The second-order valence-corrected chi connectivity index (χ2v) is 4.33. The molecule has 1 atom stereocenters. The molecule has 0 saturated carbocycles. The molecule has 0 fully saturated rings. The van der Waals surface area contributed by atoms with Gasteiger partial charge in [-0.3, -0.25) is 4.79 Å². The highest BCUT2D eigenvalue weighted by molar-refractivity contribution is 7.99. The molecule has 3 heteroatoms. The van der Waals surface area contributed by atoms with Gasteiger partial charge >= 0.3 is 0 Å². The van der Waals surface area contributed by atoms with Crippen LogP contribution in [0.3, 0.4) is 0 Å². The Morgan fingerprint density at radius 3 is 2.46 bits per heavy atom. The van der Waals surface area contributed by atoms with Crippen molar-refractivity contribution >= 4 is 17.7 Å². The first-order valence-corrected chi connectivity index (χ1v) is 6.27. The summed E-state index contributed by atoms with van der Waals surface area (Å²) in [5.41, 5.74) is 0. The predicted molar refractivity (Wildman–Crippen MR) is 60.1 cm³/mol. The zero-order valence-electron chi connectivity index (χ0n) is 9.17. The smallest absolute Gasteiger partial charge is 0.235 e. The Morgan fingerprint density at radius 2 is 2.08 bits per heavy atom. The van der Waals surface area contributed by atoms with E-state index in [-0.39, 0.29) is 11.2 Å². The predicted octanol–water partition coefficient (Wildman–Crippen LogP) is 2.39.